The van der Waals surface area contributed by atoms with E-state index in [1.54, 1.807) is 11.1 Å². The van der Waals surface area contributed by atoms with Gasteiger partial charge in [0, 0.05) is 6.04 Å². The van der Waals surface area contributed by atoms with Crippen molar-refractivity contribution in [3.8, 4) is 0 Å². The van der Waals surface area contributed by atoms with E-state index in [-0.39, 0.29) is 0 Å². The highest BCUT2D eigenvalue weighted by Crippen LogP contribution is 2.39. The molecule has 2 aliphatic rings. The normalized spacial score (nSPS) is 23.9. The third kappa shape index (κ3) is 3.02. The van der Waals surface area contributed by atoms with E-state index in [2.05, 4.69) is 36.5 Å². The van der Waals surface area contributed by atoms with E-state index in [9.17, 15) is 0 Å². The van der Waals surface area contributed by atoms with E-state index in [1.807, 2.05) is 0 Å². The Labute approximate surface area is 117 Å². The van der Waals surface area contributed by atoms with Gasteiger partial charge in [0.15, 0.2) is 0 Å². The van der Waals surface area contributed by atoms with Crippen molar-refractivity contribution in [1.82, 2.24) is 5.32 Å². The largest absolute Gasteiger partial charge is 0.314 e. The number of fused-ring (bicyclic) bond motifs is 1. The average Bonchev–Trinajstić information content (AvgIpc) is 2.89. The number of hydrogen-bond donors (Lipinski definition) is 1. The Bertz CT molecular complexity index is 406. The number of nitrogens with one attached hydrogen (secondary N) is 1. The Morgan fingerprint density at radius 3 is 2.68 bits per heavy atom. The predicted molar refractivity (Wildman–Crippen MR) is 81.5 cm³/mol. The van der Waals surface area contributed by atoms with Crippen LogP contribution in [0.1, 0.15) is 62.5 Å². The van der Waals surface area contributed by atoms with E-state index in [1.165, 1.54) is 44.9 Å². The maximum absolute atomic E-state index is 3.74. The average molecular weight is 257 g/mol. The van der Waals surface area contributed by atoms with Crippen LogP contribution < -0.4 is 5.32 Å². The second kappa shape index (κ2) is 6.09. The second-order valence-electron chi connectivity index (χ2n) is 6.48. The first-order valence-electron chi connectivity index (χ1n) is 8.18. The Balaban J connectivity index is 1.56. The number of benzene rings is 1. The molecular formula is C18H27N. The molecule has 2 atom stereocenters. The molecule has 0 aliphatic heterocycles. The summed E-state index contributed by atoms with van der Waals surface area (Å²) in [6.45, 7) is 3.36. The van der Waals surface area contributed by atoms with Gasteiger partial charge in [0.25, 0.3) is 0 Å². The summed E-state index contributed by atoms with van der Waals surface area (Å²) in [5.74, 6) is 1.82. The summed E-state index contributed by atoms with van der Waals surface area (Å²) in [4.78, 5) is 0. The molecule has 1 heteroatoms. The van der Waals surface area contributed by atoms with Crippen molar-refractivity contribution in [3.63, 3.8) is 0 Å². The lowest BCUT2D eigenvalue weighted by Gasteiger charge is -2.34. The van der Waals surface area contributed by atoms with Crippen molar-refractivity contribution in [2.45, 2.75) is 63.8 Å². The van der Waals surface area contributed by atoms with Gasteiger partial charge in [0.2, 0.25) is 0 Å². The minimum absolute atomic E-state index is 0.742. The minimum Gasteiger partial charge on any atom is -0.314 e. The zero-order chi connectivity index (χ0) is 13.1. The van der Waals surface area contributed by atoms with Crippen LogP contribution in [0.4, 0.5) is 0 Å². The van der Waals surface area contributed by atoms with Gasteiger partial charge in [-0.2, -0.15) is 0 Å². The molecule has 0 radical (unpaired) electrons. The van der Waals surface area contributed by atoms with Crippen molar-refractivity contribution in [3.05, 3.63) is 35.4 Å². The lowest BCUT2D eigenvalue weighted by molar-refractivity contribution is 0.346. The molecule has 1 nitrogen and oxygen atoms in total. The Hall–Kier alpha value is -0.820. The fourth-order valence-electron chi connectivity index (χ4n) is 4.12. The molecule has 0 heterocycles. The third-order valence-corrected chi connectivity index (χ3v) is 5.12. The Kier molecular flexibility index (Phi) is 4.22. The van der Waals surface area contributed by atoms with Gasteiger partial charge in [-0.15, -0.1) is 0 Å². The maximum Gasteiger partial charge on any atom is 0.00755 e. The SMILES string of the molecule is CCNC(CC1CCCC1)CC1Cc2ccccc21. The monoisotopic (exact) mass is 257 g/mol. The van der Waals surface area contributed by atoms with Crippen molar-refractivity contribution in [2.24, 2.45) is 5.92 Å². The molecule has 0 amide bonds. The first-order chi connectivity index (χ1) is 9.36. The van der Waals surface area contributed by atoms with Gasteiger partial charge in [-0.25, -0.2) is 0 Å². The predicted octanol–water partition coefficient (Wildman–Crippen LogP) is 4.27. The van der Waals surface area contributed by atoms with Crippen molar-refractivity contribution >= 4 is 0 Å². The molecule has 0 spiro atoms. The van der Waals surface area contributed by atoms with Gasteiger partial charge in [-0.1, -0.05) is 56.9 Å². The fourth-order valence-corrected chi connectivity index (χ4v) is 4.12. The lowest BCUT2D eigenvalue weighted by Crippen LogP contribution is -2.34. The standard InChI is InChI=1S/C18H27N/c1-2-19-17(11-14-7-3-4-8-14)13-16-12-15-9-5-6-10-18(15)16/h5-6,9-10,14,16-17,19H,2-4,7-8,11-13H2,1H3. The molecule has 2 unspecified atom stereocenters. The van der Waals surface area contributed by atoms with Crippen LogP contribution in [-0.4, -0.2) is 12.6 Å². The zero-order valence-electron chi connectivity index (χ0n) is 12.2. The van der Waals surface area contributed by atoms with Crippen molar-refractivity contribution < 1.29 is 0 Å². The summed E-state index contributed by atoms with van der Waals surface area (Å²) in [6.07, 6.45) is 9.95. The molecule has 1 fully saturated rings. The number of hydrogen-bond acceptors (Lipinski definition) is 1. The van der Waals surface area contributed by atoms with E-state index < -0.39 is 0 Å². The van der Waals surface area contributed by atoms with Gasteiger partial charge in [0.1, 0.15) is 0 Å². The van der Waals surface area contributed by atoms with Crippen LogP contribution in [0.2, 0.25) is 0 Å². The van der Waals surface area contributed by atoms with E-state index in [0.717, 1.165) is 24.4 Å². The van der Waals surface area contributed by atoms with Crippen LogP contribution in [0.25, 0.3) is 0 Å². The molecule has 1 aromatic carbocycles. The topological polar surface area (TPSA) is 12.0 Å². The maximum atomic E-state index is 3.74. The Morgan fingerprint density at radius 1 is 1.16 bits per heavy atom. The van der Waals surface area contributed by atoms with Crippen LogP contribution in [0.15, 0.2) is 24.3 Å². The second-order valence-corrected chi connectivity index (χ2v) is 6.48. The molecule has 1 aromatic rings. The smallest absolute Gasteiger partial charge is 0.00755 e. The van der Waals surface area contributed by atoms with Crippen LogP contribution in [0, 0.1) is 5.92 Å². The molecule has 104 valence electrons. The van der Waals surface area contributed by atoms with Crippen LogP contribution in [0.5, 0.6) is 0 Å². The lowest BCUT2D eigenvalue weighted by atomic mass is 9.73. The van der Waals surface area contributed by atoms with Crippen molar-refractivity contribution in [2.75, 3.05) is 6.54 Å². The number of rotatable bonds is 6. The van der Waals surface area contributed by atoms with Crippen molar-refractivity contribution in [1.29, 1.82) is 0 Å². The van der Waals surface area contributed by atoms with Gasteiger partial charge in [-0.3, -0.25) is 0 Å². The molecule has 0 bridgehead atoms. The first-order valence-corrected chi connectivity index (χ1v) is 8.18. The molecule has 1 saturated carbocycles. The summed E-state index contributed by atoms with van der Waals surface area (Å²) >= 11 is 0. The molecule has 0 saturated heterocycles. The van der Waals surface area contributed by atoms with Gasteiger partial charge >= 0.3 is 0 Å². The van der Waals surface area contributed by atoms with Crippen LogP contribution in [-0.2, 0) is 6.42 Å². The van der Waals surface area contributed by atoms with Crippen LogP contribution in [0.3, 0.4) is 0 Å². The highest BCUT2D eigenvalue weighted by Gasteiger charge is 2.29. The third-order valence-electron chi connectivity index (χ3n) is 5.12. The quantitative estimate of drug-likeness (QED) is 0.802. The van der Waals surface area contributed by atoms with E-state index in [0.29, 0.717) is 0 Å². The molecule has 3 rings (SSSR count). The summed E-state index contributed by atoms with van der Waals surface area (Å²) in [5, 5.41) is 3.74. The molecular weight excluding hydrogens is 230 g/mol. The molecule has 19 heavy (non-hydrogen) atoms. The van der Waals surface area contributed by atoms with Gasteiger partial charge in [-0.05, 0) is 48.8 Å². The zero-order valence-corrected chi connectivity index (χ0v) is 12.2. The molecule has 0 aromatic heterocycles. The molecule has 2 aliphatic carbocycles. The van der Waals surface area contributed by atoms with E-state index >= 15 is 0 Å². The summed E-state index contributed by atoms with van der Waals surface area (Å²) < 4.78 is 0. The Morgan fingerprint density at radius 2 is 1.95 bits per heavy atom. The highest BCUT2D eigenvalue weighted by atomic mass is 14.9. The summed E-state index contributed by atoms with van der Waals surface area (Å²) in [5.41, 5.74) is 3.21. The van der Waals surface area contributed by atoms with Gasteiger partial charge < -0.3 is 5.32 Å². The van der Waals surface area contributed by atoms with Crippen LogP contribution >= 0.6 is 0 Å². The molecule has 1 N–H and O–H groups in total. The van der Waals surface area contributed by atoms with E-state index in [4.69, 9.17) is 0 Å². The summed E-state index contributed by atoms with van der Waals surface area (Å²) in [7, 11) is 0. The first kappa shape index (κ1) is 13.2. The fraction of sp³-hybridized carbons (Fsp3) is 0.667. The van der Waals surface area contributed by atoms with Gasteiger partial charge in [0.05, 0.1) is 0 Å². The summed E-state index contributed by atoms with van der Waals surface area (Å²) in [6, 6.07) is 9.75. The minimum atomic E-state index is 0.742. The highest BCUT2D eigenvalue weighted by molar-refractivity contribution is 5.39.